The Morgan fingerprint density at radius 1 is 1.35 bits per heavy atom. The van der Waals surface area contributed by atoms with E-state index in [1.165, 1.54) is 28.8 Å². The summed E-state index contributed by atoms with van der Waals surface area (Å²) in [4.78, 5) is 0.873. The first-order valence-electron chi connectivity index (χ1n) is 5.46. The Balaban J connectivity index is 2.27. The average molecular weight is 399 g/mol. The predicted molar refractivity (Wildman–Crippen MR) is 82.1 cm³/mol. The number of hydrogen-bond acceptors (Lipinski definition) is 3. The number of sulfonamides is 1. The minimum atomic E-state index is -3.69. The molecular weight excluding hydrogens is 389 g/mol. The van der Waals surface area contributed by atoms with Gasteiger partial charge in [0.2, 0.25) is 10.0 Å². The summed E-state index contributed by atoms with van der Waals surface area (Å²) in [5.41, 5.74) is 0. The lowest BCUT2D eigenvalue weighted by molar-refractivity contribution is 0.469. The van der Waals surface area contributed by atoms with Gasteiger partial charge in [-0.2, -0.15) is 4.31 Å². The Hall–Kier alpha value is -0.470. The maximum atomic E-state index is 13.1. The summed E-state index contributed by atoms with van der Waals surface area (Å²) < 4.78 is 39.9. The Bertz CT molecular complexity index is 733. The fraction of sp³-hybridized carbons (Fsp3) is 0.167. The zero-order valence-electron chi connectivity index (χ0n) is 10.3. The number of benzene rings is 1. The van der Waals surface area contributed by atoms with Gasteiger partial charge in [0.1, 0.15) is 5.82 Å². The van der Waals surface area contributed by atoms with E-state index in [9.17, 15) is 12.8 Å². The molecule has 0 spiro atoms. The van der Waals surface area contributed by atoms with E-state index in [1.54, 1.807) is 0 Å². The fourth-order valence-corrected chi connectivity index (χ4v) is 4.60. The molecular formula is C12H10BrClFNO2S2. The lowest BCUT2D eigenvalue weighted by Crippen LogP contribution is -2.26. The number of rotatable bonds is 4. The minimum absolute atomic E-state index is 0.0259. The molecule has 0 atom stereocenters. The Morgan fingerprint density at radius 2 is 2.05 bits per heavy atom. The molecule has 20 heavy (non-hydrogen) atoms. The normalized spacial score (nSPS) is 12.1. The van der Waals surface area contributed by atoms with Gasteiger partial charge < -0.3 is 0 Å². The number of thiophene rings is 1. The van der Waals surface area contributed by atoms with E-state index in [1.807, 2.05) is 12.1 Å². The molecule has 0 bridgehead atoms. The van der Waals surface area contributed by atoms with Crippen LogP contribution < -0.4 is 0 Å². The van der Waals surface area contributed by atoms with Gasteiger partial charge in [0, 0.05) is 18.5 Å². The maximum absolute atomic E-state index is 13.1. The largest absolute Gasteiger partial charge is 0.243 e. The SMILES string of the molecule is CN(Cc1ccc(Br)s1)S(=O)(=O)c1ccc(F)c(Cl)c1. The Labute approximate surface area is 134 Å². The van der Waals surface area contributed by atoms with Gasteiger partial charge in [0.25, 0.3) is 0 Å². The van der Waals surface area contributed by atoms with Crippen LogP contribution in [-0.4, -0.2) is 19.8 Å². The van der Waals surface area contributed by atoms with Crippen molar-refractivity contribution in [3.8, 4) is 0 Å². The molecule has 8 heteroatoms. The van der Waals surface area contributed by atoms with Gasteiger partial charge in [-0.3, -0.25) is 0 Å². The van der Waals surface area contributed by atoms with Crippen molar-refractivity contribution in [1.82, 2.24) is 4.31 Å². The zero-order valence-corrected chi connectivity index (χ0v) is 14.3. The molecule has 0 aliphatic carbocycles. The summed E-state index contributed by atoms with van der Waals surface area (Å²) in [5.74, 6) is -0.643. The van der Waals surface area contributed by atoms with E-state index in [2.05, 4.69) is 15.9 Å². The van der Waals surface area contributed by atoms with Crippen LogP contribution in [0.5, 0.6) is 0 Å². The van der Waals surface area contributed by atoms with Gasteiger partial charge in [-0.1, -0.05) is 11.6 Å². The van der Waals surface area contributed by atoms with Gasteiger partial charge in [-0.25, -0.2) is 12.8 Å². The lowest BCUT2D eigenvalue weighted by atomic mass is 10.3. The third-order valence-electron chi connectivity index (χ3n) is 2.61. The van der Waals surface area contributed by atoms with Crippen LogP contribution in [0.25, 0.3) is 0 Å². The molecule has 0 aliphatic heterocycles. The predicted octanol–water partition coefficient (Wildman–Crippen LogP) is 4.12. The van der Waals surface area contributed by atoms with Crippen LogP contribution >= 0.6 is 38.9 Å². The fourth-order valence-electron chi connectivity index (χ4n) is 1.56. The van der Waals surface area contributed by atoms with Gasteiger partial charge in [-0.05, 0) is 46.3 Å². The quantitative estimate of drug-likeness (QED) is 0.777. The van der Waals surface area contributed by atoms with Gasteiger partial charge in [-0.15, -0.1) is 11.3 Å². The van der Waals surface area contributed by atoms with E-state index in [0.717, 1.165) is 20.8 Å². The molecule has 1 aromatic heterocycles. The summed E-state index contributed by atoms with van der Waals surface area (Å²) >= 11 is 10.4. The van der Waals surface area contributed by atoms with Crippen LogP contribution in [0.15, 0.2) is 39.0 Å². The lowest BCUT2D eigenvalue weighted by Gasteiger charge is -2.16. The highest BCUT2D eigenvalue weighted by molar-refractivity contribution is 9.11. The van der Waals surface area contributed by atoms with Crippen molar-refractivity contribution in [2.75, 3.05) is 7.05 Å². The van der Waals surface area contributed by atoms with E-state index >= 15 is 0 Å². The first-order valence-corrected chi connectivity index (χ1v) is 8.89. The molecule has 0 radical (unpaired) electrons. The first kappa shape index (κ1) is 15.9. The molecule has 0 N–H and O–H groups in total. The highest BCUT2D eigenvalue weighted by atomic mass is 79.9. The molecule has 0 fully saturated rings. The van der Waals surface area contributed by atoms with Crippen LogP contribution in [0.1, 0.15) is 4.88 Å². The van der Waals surface area contributed by atoms with Crippen molar-refractivity contribution in [2.45, 2.75) is 11.4 Å². The highest BCUT2D eigenvalue weighted by Gasteiger charge is 2.22. The summed E-state index contributed by atoms with van der Waals surface area (Å²) in [6.07, 6.45) is 0. The molecule has 2 aromatic rings. The van der Waals surface area contributed by atoms with Crippen LogP contribution in [-0.2, 0) is 16.6 Å². The molecule has 0 aliphatic rings. The van der Waals surface area contributed by atoms with E-state index < -0.39 is 15.8 Å². The molecule has 2 rings (SSSR count). The number of halogens is 3. The molecule has 0 unspecified atom stereocenters. The molecule has 1 heterocycles. The zero-order chi connectivity index (χ0) is 14.9. The molecule has 108 valence electrons. The smallest absolute Gasteiger partial charge is 0.207 e. The van der Waals surface area contributed by atoms with Gasteiger partial charge >= 0.3 is 0 Å². The summed E-state index contributed by atoms with van der Waals surface area (Å²) in [7, 11) is -2.22. The van der Waals surface area contributed by atoms with E-state index in [4.69, 9.17) is 11.6 Å². The van der Waals surface area contributed by atoms with Crippen molar-refractivity contribution in [3.05, 3.63) is 49.8 Å². The van der Waals surface area contributed by atoms with Crippen molar-refractivity contribution in [2.24, 2.45) is 0 Å². The summed E-state index contributed by atoms with van der Waals surface area (Å²) in [6.45, 7) is 0.244. The first-order chi connectivity index (χ1) is 9.30. The third kappa shape index (κ3) is 3.40. The van der Waals surface area contributed by atoms with Crippen LogP contribution in [0.2, 0.25) is 5.02 Å². The average Bonchev–Trinajstić information content (AvgIpc) is 2.78. The highest BCUT2D eigenvalue weighted by Crippen LogP contribution is 2.26. The van der Waals surface area contributed by atoms with Crippen molar-refractivity contribution in [1.29, 1.82) is 0 Å². The summed E-state index contributed by atoms with van der Waals surface area (Å²) in [5, 5.41) is -0.210. The van der Waals surface area contributed by atoms with Crippen molar-refractivity contribution in [3.63, 3.8) is 0 Å². The third-order valence-corrected chi connectivity index (χ3v) is 6.30. The molecule has 1 aromatic carbocycles. The van der Waals surface area contributed by atoms with Gasteiger partial charge in [0.05, 0.1) is 13.7 Å². The number of nitrogens with zero attached hydrogens (tertiary/aromatic N) is 1. The van der Waals surface area contributed by atoms with E-state index in [-0.39, 0.29) is 16.5 Å². The monoisotopic (exact) mass is 397 g/mol. The Kier molecular flexibility index (Phi) is 4.86. The standard InChI is InChI=1S/C12H10BrClFNO2S2/c1-16(7-8-2-5-12(13)19-8)20(17,18)9-3-4-11(15)10(14)6-9/h2-6H,7H2,1H3. The second-order valence-corrected chi connectivity index (χ2v) is 9.04. The second-order valence-electron chi connectivity index (χ2n) is 4.04. The molecule has 0 amide bonds. The van der Waals surface area contributed by atoms with Crippen LogP contribution in [0.3, 0.4) is 0 Å². The Morgan fingerprint density at radius 3 is 2.60 bits per heavy atom. The second kappa shape index (κ2) is 6.11. The minimum Gasteiger partial charge on any atom is -0.207 e. The summed E-state index contributed by atoms with van der Waals surface area (Å²) in [6, 6.07) is 7.07. The van der Waals surface area contributed by atoms with Crippen molar-refractivity contribution < 1.29 is 12.8 Å². The number of hydrogen-bond donors (Lipinski definition) is 0. The van der Waals surface area contributed by atoms with E-state index in [0.29, 0.717) is 0 Å². The molecule has 0 saturated heterocycles. The van der Waals surface area contributed by atoms with Crippen LogP contribution in [0.4, 0.5) is 4.39 Å². The maximum Gasteiger partial charge on any atom is 0.243 e. The van der Waals surface area contributed by atoms with Gasteiger partial charge in [0.15, 0.2) is 0 Å². The molecule has 3 nitrogen and oxygen atoms in total. The van der Waals surface area contributed by atoms with Crippen LogP contribution in [0, 0.1) is 5.82 Å². The van der Waals surface area contributed by atoms with Crippen molar-refractivity contribution >= 4 is 48.9 Å². The molecule has 0 saturated carbocycles. The topological polar surface area (TPSA) is 37.4 Å².